The molecule has 8 heteroatoms. The van der Waals surface area contributed by atoms with E-state index in [1.54, 1.807) is 35.4 Å². The van der Waals surface area contributed by atoms with E-state index in [-0.39, 0.29) is 22.9 Å². The van der Waals surface area contributed by atoms with Gasteiger partial charge in [0.25, 0.3) is 5.69 Å². The zero-order valence-electron chi connectivity index (χ0n) is 15.2. The lowest BCUT2D eigenvalue weighted by Gasteiger charge is -2.26. The number of thioether (sulfide) groups is 1. The minimum atomic E-state index is -0.434. The lowest BCUT2D eigenvalue weighted by molar-refractivity contribution is -0.384. The summed E-state index contributed by atoms with van der Waals surface area (Å²) in [7, 11) is 1.78. The van der Waals surface area contributed by atoms with Crippen LogP contribution in [0.5, 0.6) is 0 Å². The Morgan fingerprint density at radius 1 is 1.19 bits per heavy atom. The van der Waals surface area contributed by atoms with E-state index in [2.05, 4.69) is 4.98 Å². The first-order chi connectivity index (χ1) is 12.9. The molecule has 0 unspecified atom stereocenters. The van der Waals surface area contributed by atoms with Gasteiger partial charge in [-0.25, -0.2) is 4.98 Å². The molecule has 140 valence electrons. The zero-order valence-corrected chi connectivity index (χ0v) is 16.8. The molecule has 27 heavy (non-hydrogen) atoms. The molecule has 1 aromatic heterocycles. The first-order valence-electron chi connectivity index (χ1n) is 8.40. The van der Waals surface area contributed by atoms with Gasteiger partial charge in [0.05, 0.1) is 26.4 Å². The number of nitro groups is 1. The maximum atomic E-state index is 12.8. The molecule has 0 spiro atoms. The molecule has 6 nitrogen and oxygen atoms in total. The number of carbonyl (C=O) groups is 1. The number of thiazole rings is 1. The van der Waals surface area contributed by atoms with Crippen LogP contribution in [0.3, 0.4) is 0 Å². The number of amides is 1. The summed E-state index contributed by atoms with van der Waals surface area (Å²) >= 11 is 2.98. The number of hydrogen-bond donors (Lipinski definition) is 0. The molecule has 1 heterocycles. The Labute approximate surface area is 165 Å². The van der Waals surface area contributed by atoms with Crippen molar-refractivity contribution < 1.29 is 9.72 Å². The number of benzene rings is 2. The number of fused-ring (bicyclic) bond motifs is 1. The van der Waals surface area contributed by atoms with Gasteiger partial charge < -0.3 is 4.90 Å². The maximum absolute atomic E-state index is 12.8. The SMILES string of the molecule is C[C@H](c1nc2ccccc2s1)N(C)C(=O)[C@@H](C)Sc1ccc([N+](=O)[O-])cc1. The number of rotatable bonds is 6. The molecule has 3 aromatic rings. The molecule has 0 N–H and O–H groups in total. The number of para-hydroxylation sites is 1. The summed E-state index contributed by atoms with van der Waals surface area (Å²) < 4.78 is 1.11. The van der Waals surface area contributed by atoms with E-state index in [9.17, 15) is 14.9 Å². The fraction of sp³-hybridized carbons (Fsp3) is 0.263. The van der Waals surface area contributed by atoms with Crippen molar-refractivity contribution >= 4 is 44.9 Å². The second-order valence-electron chi connectivity index (χ2n) is 6.16. The predicted molar refractivity (Wildman–Crippen MR) is 109 cm³/mol. The Morgan fingerprint density at radius 2 is 1.85 bits per heavy atom. The van der Waals surface area contributed by atoms with Gasteiger partial charge in [-0.05, 0) is 38.1 Å². The van der Waals surface area contributed by atoms with Crippen molar-refractivity contribution in [2.75, 3.05) is 7.05 Å². The average Bonchev–Trinajstić information content (AvgIpc) is 3.10. The fourth-order valence-corrected chi connectivity index (χ4v) is 4.64. The number of nitrogens with zero attached hydrogens (tertiary/aromatic N) is 3. The van der Waals surface area contributed by atoms with Crippen molar-refractivity contribution in [3.8, 4) is 0 Å². The van der Waals surface area contributed by atoms with E-state index in [1.807, 2.05) is 38.1 Å². The zero-order chi connectivity index (χ0) is 19.6. The van der Waals surface area contributed by atoms with Gasteiger partial charge in [-0.1, -0.05) is 12.1 Å². The Balaban J connectivity index is 1.68. The van der Waals surface area contributed by atoms with Gasteiger partial charge in [-0.15, -0.1) is 23.1 Å². The van der Waals surface area contributed by atoms with Crippen molar-refractivity contribution in [2.45, 2.75) is 30.0 Å². The highest BCUT2D eigenvalue weighted by Crippen LogP contribution is 2.31. The van der Waals surface area contributed by atoms with E-state index in [4.69, 9.17) is 0 Å². The molecule has 2 aromatic carbocycles. The Bertz CT molecular complexity index is 939. The maximum Gasteiger partial charge on any atom is 0.269 e. The molecule has 0 radical (unpaired) electrons. The predicted octanol–water partition coefficient (Wildman–Crippen LogP) is 4.90. The summed E-state index contributed by atoms with van der Waals surface area (Å²) in [6.07, 6.45) is 0. The molecule has 0 bridgehead atoms. The van der Waals surface area contributed by atoms with Crippen LogP contribution in [-0.2, 0) is 4.79 Å². The molecular formula is C19H19N3O3S2. The van der Waals surface area contributed by atoms with E-state index in [1.165, 1.54) is 23.9 Å². The largest absolute Gasteiger partial charge is 0.336 e. The molecule has 2 atom stereocenters. The van der Waals surface area contributed by atoms with Crippen molar-refractivity contribution in [2.24, 2.45) is 0 Å². The summed E-state index contributed by atoms with van der Waals surface area (Å²) in [5.41, 5.74) is 0.985. The standard InChI is InChI=1S/C19H19N3O3S2/c1-12(18-20-16-6-4-5-7-17(16)27-18)21(3)19(23)13(2)26-15-10-8-14(9-11-15)22(24)25/h4-13H,1-3H3/t12-,13-/m1/s1. The van der Waals surface area contributed by atoms with Gasteiger partial charge in [-0.3, -0.25) is 14.9 Å². The lowest BCUT2D eigenvalue weighted by atomic mass is 10.3. The smallest absolute Gasteiger partial charge is 0.269 e. The number of carbonyl (C=O) groups excluding carboxylic acids is 1. The number of hydrogen-bond acceptors (Lipinski definition) is 6. The summed E-state index contributed by atoms with van der Waals surface area (Å²) in [6, 6.07) is 14.0. The molecule has 0 aliphatic carbocycles. The van der Waals surface area contributed by atoms with Crippen molar-refractivity contribution in [1.82, 2.24) is 9.88 Å². The van der Waals surface area contributed by atoms with Crippen LogP contribution in [0, 0.1) is 10.1 Å². The number of aromatic nitrogens is 1. The van der Waals surface area contributed by atoms with E-state index in [0.29, 0.717) is 0 Å². The first-order valence-corrected chi connectivity index (χ1v) is 10.1. The molecule has 0 aliphatic heterocycles. The van der Waals surface area contributed by atoms with E-state index < -0.39 is 4.92 Å². The van der Waals surface area contributed by atoms with Gasteiger partial charge in [-0.2, -0.15) is 0 Å². The topological polar surface area (TPSA) is 76.3 Å². The highest BCUT2D eigenvalue weighted by molar-refractivity contribution is 8.00. The van der Waals surface area contributed by atoms with Crippen LogP contribution in [0.4, 0.5) is 5.69 Å². The highest BCUT2D eigenvalue weighted by Gasteiger charge is 2.25. The Morgan fingerprint density at radius 3 is 2.48 bits per heavy atom. The van der Waals surface area contributed by atoms with Crippen LogP contribution in [0.1, 0.15) is 24.9 Å². The van der Waals surface area contributed by atoms with E-state index >= 15 is 0 Å². The monoisotopic (exact) mass is 401 g/mol. The quantitative estimate of drug-likeness (QED) is 0.333. The second-order valence-corrected chi connectivity index (χ2v) is 8.63. The normalized spacial score (nSPS) is 13.3. The highest BCUT2D eigenvalue weighted by atomic mass is 32.2. The number of non-ortho nitro benzene ring substituents is 1. The summed E-state index contributed by atoms with van der Waals surface area (Å²) in [4.78, 5) is 30.3. The third-order valence-corrected chi connectivity index (χ3v) is 6.61. The Kier molecular flexibility index (Phi) is 5.76. The van der Waals surface area contributed by atoms with Gasteiger partial charge >= 0.3 is 0 Å². The summed E-state index contributed by atoms with van der Waals surface area (Å²) in [5.74, 6) is -0.00916. The van der Waals surface area contributed by atoms with Gasteiger partial charge in [0.2, 0.25) is 5.91 Å². The van der Waals surface area contributed by atoms with Gasteiger partial charge in [0, 0.05) is 24.1 Å². The minimum absolute atomic E-state index is 0.00916. The molecule has 0 fully saturated rings. The second kappa shape index (κ2) is 8.06. The minimum Gasteiger partial charge on any atom is -0.336 e. The molecule has 3 rings (SSSR count). The van der Waals surface area contributed by atoms with Crippen LogP contribution >= 0.6 is 23.1 Å². The molecule has 0 saturated carbocycles. The van der Waals surface area contributed by atoms with Crippen LogP contribution in [-0.4, -0.2) is 33.0 Å². The molecule has 0 aliphatic rings. The fourth-order valence-electron chi connectivity index (χ4n) is 2.61. The summed E-state index contributed by atoms with van der Waals surface area (Å²) in [6.45, 7) is 3.81. The summed E-state index contributed by atoms with van der Waals surface area (Å²) in [5, 5.41) is 11.3. The van der Waals surface area contributed by atoms with Crippen LogP contribution in [0.15, 0.2) is 53.4 Å². The molecule has 1 amide bonds. The molecular weight excluding hydrogens is 382 g/mol. The van der Waals surface area contributed by atoms with Gasteiger partial charge in [0.15, 0.2) is 0 Å². The number of nitro benzene ring substituents is 1. The van der Waals surface area contributed by atoms with Crippen LogP contribution < -0.4 is 0 Å². The third-order valence-electron chi connectivity index (χ3n) is 4.30. The molecule has 0 saturated heterocycles. The first kappa shape index (κ1) is 19.3. The van der Waals surface area contributed by atoms with Crippen molar-refractivity contribution in [1.29, 1.82) is 0 Å². The van der Waals surface area contributed by atoms with Crippen molar-refractivity contribution in [3.05, 3.63) is 63.7 Å². The van der Waals surface area contributed by atoms with Crippen molar-refractivity contribution in [3.63, 3.8) is 0 Å². The van der Waals surface area contributed by atoms with Crippen LogP contribution in [0.25, 0.3) is 10.2 Å². The van der Waals surface area contributed by atoms with Gasteiger partial charge in [0.1, 0.15) is 5.01 Å². The Hall–Kier alpha value is -2.45. The van der Waals surface area contributed by atoms with E-state index in [0.717, 1.165) is 20.1 Å². The third kappa shape index (κ3) is 4.28. The average molecular weight is 402 g/mol. The van der Waals surface area contributed by atoms with Crippen LogP contribution in [0.2, 0.25) is 0 Å². The lowest BCUT2D eigenvalue weighted by Crippen LogP contribution is -2.35.